The highest BCUT2D eigenvalue weighted by Gasteiger charge is 2.52. The minimum absolute atomic E-state index is 0.466. The summed E-state index contributed by atoms with van der Waals surface area (Å²) >= 11 is 3.74. The van der Waals surface area contributed by atoms with Crippen molar-refractivity contribution < 1.29 is 0 Å². The third-order valence-electron chi connectivity index (χ3n) is 26.3. The first-order chi connectivity index (χ1) is 63.4. The van der Waals surface area contributed by atoms with E-state index in [0.29, 0.717) is 11.6 Å². The number of fused-ring (bicyclic) bond motifs is 24. The molecule has 596 valence electrons. The van der Waals surface area contributed by atoms with Gasteiger partial charge < -0.3 is 0 Å². The summed E-state index contributed by atoms with van der Waals surface area (Å²) in [4.78, 5) is 36.8. The van der Waals surface area contributed by atoms with Gasteiger partial charge in [0.25, 0.3) is 0 Å². The van der Waals surface area contributed by atoms with E-state index in [1.165, 1.54) is 114 Å². The quantitative estimate of drug-likeness (QED) is 0.125. The normalized spacial score (nSPS) is 13.1. The Hall–Kier alpha value is -15.8. The van der Waals surface area contributed by atoms with Crippen molar-refractivity contribution in [2.45, 2.75) is 30.4 Å². The molecule has 0 N–H and O–H groups in total. The summed E-state index contributed by atoms with van der Waals surface area (Å²) in [5.41, 5.74) is 35.0. The van der Waals surface area contributed by atoms with Gasteiger partial charge in [-0.25, -0.2) is 29.9 Å². The van der Waals surface area contributed by atoms with Crippen molar-refractivity contribution in [2.75, 3.05) is 0 Å². The number of hydrogen-bond acceptors (Lipinski definition) is 8. The van der Waals surface area contributed by atoms with E-state index in [2.05, 4.69) is 406 Å². The fourth-order valence-electron chi connectivity index (χ4n) is 20.6. The van der Waals surface area contributed by atoms with Crippen molar-refractivity contribution in [3.05, 3.63) is 493 Å². The van der Waals surface area contributed by atoms with Crippen LogP contribution in [0, 0.1) is 0 Å². The van der Waals surface area contributed by atoms with Crippen LogP contribution in [-0.2, 0) is 10.8 Å². The van der Waals surface area contributed by atoms with Crippen LogP contribution < -0.4 is 0 Å². The molecule has 0 fully saturated rings. The van der Waals surface area contributed by atoms with Gasteiger partial charge in [-0.05, 0) is 179 Å². The van der Waals surface area contributed by atoms with E-state index in [1.807, 2.05) is 66.0 Å². The standard InChI is InChI=1S/2C60H37N3S/c1-3-17-38(18-4-1)40-21-15-22-41(33-40)54-37-55(63-59(62-54)39-19-5-2-6-20-39)42-23-16-24-43(34-42)58-48-36-57-52(35-47(48)46-27-9-13-31-53(46)61-58)60(51-30-12-14-32-56(51)64-57)49-28-10-7-25-44(49)45-26-8-11-29-50(45)60;1-3-16-38(17-4-1)39-30-32-40(33-31-39)54-37-55(63-59(62-54)41-18-5-2-6-19-41)42-20-15-21-43(34-42)58-48-36-57-52(35-47(48)46-24-9-13-28-53(46)61-58)60(51-27-12-14-29-56(51)64-57)49-25-10-7-22-44(49)45-23-8-11-26-50(45)60/h2*1-37H. The molecule has 128 heavy (non-hydrogen) atoms. The Morgan fingerprint density at radius 1 is 0.156 bits per heavy atom. The molecule has 2 spiro atoms. The molecule has 0 amide bonds. The zero-order valence-corrected chi connectivity index (χ0v) is 70.9. The summed E-state index contributed by atoms with van der Waals surface area (Å²) < 4.78 is 0. The van der Waals surface area contributed by atoms with Gasteiger partial charge in [-0.3, -0.25) is 0 Å². The maximum Gasteiger partial charge on any atom is 0.160 e. The first kappa shape index (κ1) is 74.8. The summed E-state index contributed by atoms with van der Waals surface area (Å²) in [5.74, 6) is 1.37. The lowest BCUT2D eigenvalue weighted by Crippen LogP contribution is -2.32. The van der Waals surface area contributed by atoms with Gasteiger partial charge in [-0.1, -0.05) is 394 Å². The lowest BCUT2D eigenvalue weighted by Gasteiger charge is -2.40. The maximum absolute atomic E-state index is 5.49. The van der Waals surface area contributed by atoms with E-state index in [4.69, 9.17) is 29.9 Å². The van der Waals surface area contributed by atoms with Gasteiger partial charge in [0, 0.05) is 85.6 Å². The molecule has 0 bridgehead atoms. The average molecular weight is 1660 g/mol. The molecule has 0 saturated carbocycles. The van der Waals surface area contributed by atoms with Crippen molar-refractivity contribution >= 4 is 66.9 Å². The second-order valence-corrected chi connectivity index (χ2v) is 35.5. The Balaban J connectivity index is 0.000000139. The van der Waals surface area contributed by atoms with Crippen LogP contribution >= 0.6 is 23.5 Å². The molecule has 6 nitrogen and oxygen atoms in total. The number of para-hydroxylation sites is 2. The predicted octanol–water partition coefficient (Wildman–Crippen LogP) is 30.7. The smallest absolute Gasteiger partial charge is 0.160 e. The van der Waals surface area contributed by atoms with Crippen LogP contribution in [0.2, 0.25) is 0 Å². The van der Waals surface area contributed by atoms with Crippen LogP contribution in [0.15, 0.2) is 468 Å². The fraction of sp³-hybridized carbons (Fsp3) is 0.0167. The Labute approximate surface area is 749 Å². The van der Waals surface area contributed by atoms with Crippen LogP contribution in [0.1, 0.15) is 44.5 Å². The van der Waals surface area contributed by atoms with Crippen molar-refractivity contribution in [3.63, 3.8) is 0 Å². The Morgan fingerprint density at radius 2 is 0.445 bits per heavy atom. The van der Waals surface area contributed by atoms with Crippen molar-refractivity contribution in [1.82, 2.24) is 29.9 Å². The number of pyridine rings is 2. The summed E-state index contributed by atoms with van der Waals surface area (Å²) in [6, 6.07) is 162. The topological polar surface area (TPSA) is 77.3 Å². The highest BCUT2D eigenvalue weighted by Crippen LogP contribution is 2.65. The van der Waals surface area contributed by atoms with E-state index in [-0.39, 0.29) is 0 Å². The number of benzene rings is 18. The number of hydrogen-bond donors (Lipinski definition) is 0. The average Bonchev–Trinajstić information content (AvgIpc) is 1.50. The second kappa shape index (κ2) is 30.5. The number of nitrogens with zero attached hydrogens (tertiary/aromatic N) is 6. The molecule has 4 aromatic heterocycles. The predicted molar refractivity (Wildman–Crippen MR) is 527 cm³/mol. The largest absolute Gasteiger partial charge is 0.247 e. The number of aromatic nitrogens is 6. The molecule has 6 heterocycles. The first-order valence-electron chi connectivity index (χ1n) is 43.5. The molecule has 0 unspecified atom stereocenters. The molecule has 0 radical (unpaired) electrons. The lowest BCUT2D eigenvalue weighted by atomic mass is 9.67. The van der Waals surface area contributed by atoms with Crippen LogP contribution in [0.3, 0.4) is 0 Å². The summed E-state index contributed by atoms with van der Waals surface area (Å²) in [7, 11) is 0. The highest BCUT2D eigenvalue weighted by atomic mass is 32.2. The Kier molecular flexibility index (Phi) is 17.8. The van der Waals surface area contributed by atoms with Crippen LogP contribution in [0.5, 0.6) is 0 Å². The zero-order valence-electron chi connectivity index (χ0n) is 69.2. The van der Waals surface area contributed by atoms with Gasteiger partial charge in [0.05, 0.1) is 56.0 Å². The molecule has 4 aliphatic rings. The van der Waals surface area contributed by atoms with Gasteiger partial charge in [-0.2, -0.15) is 0 Å². The Morgan fingerprint density at radius 3 is 0.852 bits per heavy atom. The van der Waals surface area contributed by atoms with Crippen LogP contribution in [-0.4, -0.2) is 29.9 Å². The van der Waals surface area contributed by atoms with E-state index in [9.17, 15) is 0 Å². The Bertz CT molecular complexity index is 8170. The van der Waals surface area contributed by atoms with Crippen molar-refractivity contribution in [1.29, 1.82) is 0 Å². The minimum Gasteiger partial charge on any atom is -0.247 e. The van der Waals surface area contributed by atoms with Crippen LogP contribution in [0.4, 0.5) is 0 Å². The number of rotatable bonds is 10. The second-order valence-electron chi connectivity index (χ2n) is 33.3. The third kappa shape index (κ3) is 12.2. The van der Waals surface area contributed by atoms with E-state index >= 15 is 0 Å². The highest BCUT2D eigenvalue weighted by molar-refractivity contribution is 7.99. The van der Waals surface area contributed by atoms with E-state index in [1.54, 1.807) is 0 Å². The summed E-state index contributed by atoms with van der Waals surface area (Å²) in [5, 5.41) is 6.93. The summed E-state index contributed by atoms with van der Waals surface area (Å²) in [6.07, 6.45) is 0. The maximum atomic E-state index is 5.49. The molecule has 0 atom stereocenters. The molecule has 2 aliphatic heterocycles. The molecule has 8 heteroatoms. The molecule has 26 rings (SSSR count). The minimum atomic E-state index is -0.467. The van der Waals surface area contributed by atoms with E-state index < -0.39 is 10.8 Å². The molecular weight excluding hydrogens is 1590 g/mol. The van der Waals surface area contributed by atoms with Gasteiger partial charge in [0.1, 0.15) is 0 Å². The van der Waals surface area contributed by atoms with Gasteiger partial charge in [0.15, 0.2) is 11.6 Å². The first-order valence-corrected chi connectivity index (χ1v) is 45.1. The SMILES string of the molecule is c1ccc(-c2ccc(-c3cc(-c4cccc(-c5nc6ccccc6c6cc7c(cc56)Sc5ccccc5C75c6ccccc6-c6ccccc65)c4)nc(-c4ccccc4)n3)cc2)cc1.c1ccc(-c2cccc(-c3cc(-c4cccc(-c5nc6ccccc6c6cc7c(cc56)Sc5ccccc5C75c6ccccc6-c6ccccc65)c4)nc(-c4ccccc4)n3)c2)cc1. The third-order valence-corrected chi connectivity index (χ3v) is 28.5. The van der Waals surface area contributed by atoms with Crippen molar-refractivity contribution in [2.24, 2.45) is 0 Å². The van der Waals surface area contributed by atoms with Gasteiger partial charge >= 0.3 is 0 Å². The summed E-state index contributed by atoms with van der Waals surface area (Å²) in [6.45, 7) is 0. The fourth-order valence-corrected chi connectivity index (χ4v) is 23.0. The molecule has 18 aromatic carbocycles. The van der Waals surface area contributed by atoms with E-state index in [0.717, 1.165) is 117 Å². The molecule has 22 aromatic rings. The van der Waals surface area contributed by atoms with Gasteiger partial charge in [-0.15, -0.1) is 0 Å². The molecular formula is C120H74N6S2. The lowest BCUT2D eigenvalue weighted by molar-refractivity contribution is 0.724. The monoisotopic (exact) mass is 1660 g/mol. The van der Waals surface area contributed by atoms with Gasteiger partial charge in [0.2, 0.25) is 0 Å². The molecule has 0 saturated heterocycles. The zero-order chi connectivity index (χ0) is 84.4. The van der Waals surface area contributed by atoms with Crippen LogP contribution in [0.25, 0.3) is 178 Å². The van der Waals surface area contributed by atoms with Crippen molar-refractivity contribution in [3.8, 4) is 135 Å². The molecule has 2 aliphatic carbocycles.